The third kappa shape index (κ3) is 4.98. The van der Waals surface area contributed by atoms with E-state index in [1.54, 1.807) is 6.07 Å². The summed E-state index contributed by atoms with van der Waals surface area (Å²) in [5, 5.41) is 4.95. The Morgan fingerprint density at radius 1 is 0.806 bits per heavy atom. The summed E-state index contributed by atoms with van der Waals surface area (Å²) in [5.74, 6) is 0. The van der Waals surface area contributed by atoms with Crippen LogP contribution in [0, 0.1) is 0 Å². The van der Waals surface area contributed by atoms with Crippen LogP contribution in [0.3, 0.4) is 0 Å². The molecule has 0 radical (unpaired) electrons. The van der Waals surface area contributed by atoms with Crippen molar-refractivity contribution >= 4 is 106 Å². The highest BCUT2D eigenvalue weighted by molar-refractivity contribution is 7.92. The molecule has 1 aromatic heterocycles. The van der Waals surface area contributed by atoms with Crippen molar-refractivity contribution in [3.63, 3.8) is 0 Å². The summed E-state index contributed by atoms with van der Waals surface area (Å²) < 4.78 is 28.7. The van der Waals surface area contributed by atoms with E-state index in [9.17, 15) is 8.42 Å². The molecule has 0 unspecified atom stereocenters. The molecule has 0 spiro atoms. The number of sulfonamides is 1. The number of hydrogen-bond acceptors (Lipinski definition) is 5. The van der Waals surface area contributed by atoms with Gasteiger partial charge in [-0.3, -0.25) is 4.72 Å². The van der Waals surface area contributed by atoms with Gasteiger partial charge in [-0.2, -0.15) is 0 Å². The molecular formula is C19H10Cl5N3O2S2. The lowest BCUT2D eigenvalue weighted by atomic mass is 10.3. The Kier molecular flexibility index (Phi) is 6.47. The molecular weight excluding hydrogens is 544 g/mol. The van der Waals surface area contributed by atoms with Crippen LogP contribution in [0.1, 0.15) is 0 Å². The third-order valence-corrected chi connectivity index (χ3v) is 7.92. The van der Waals surface area contributed by atoms with Gasteiger partial charge in [0.2, 0.25) is 0 Å². The lowest BCUT2D eigenvalue weighted by Crippen LogP contribution is -2.13. The van der Waals surface area contributed by atoms with E-state index in [0.717, 1.165) is 10.2 Å². The molecule has 0 amide bonds. The molecule has 0 aliphatic rings. The maximum atomic E-state index is 12.7. The fourth-order valence-corrected chi connectivity index (χ4v) is 6.26. The number of nitrogens with one attached hydrogen (secondary N) is 2. The van der Waals surface area contributed by atoms with E-state index in [-0.39, 0.29) is 25.7 Å². The van der Waals surface area contributed by atoms with Gasteiger partial charge in [-0.15, -0.1) is 0 Å². The van der Waals surface area contributed by atoms with Crippen LogP contribution in [0.4, 0.5) is 16.5 Å². The lowest BCUT2D eigenvalue weighted by molar-refractivity contribution is 0.601. The Bertz CT molecular complexity index is 1400. The molecule has 0 bridgehead atoms. The summed E-state index contributed by atoms with van der Waals surface area (Å²) in [6.07, 6.45) is 0. The Balaban J connectivity index is 1.62. The standard InChI is InChI=1S/C19H10Cl5N3O2S2/c20-9-2-4-17(12(22)5-9)31(28,29)27-11-7-13(23)18(14(24)8-11)26-19-25-15-3-1-10(21)6-16(15)30-19/h1-8,27H,(H,25,26). The zero-order valence-corrected chi connectivity index (χ0v) is 20.5. The van der Waals surface area contributed by atoms with Gasteiger partial charge in [-0.25, -0.2) is 13.4 Å². The molecule has 0 saturated heterocycles. The van der Waals surface area contributed by atoms with Gasteiger partial charge in [0.1, 0.15) is 4.90 Å². The molecule has 1 heterocycles. The van der Waals surface area contributed by atoms with Crippen LogP contribution < -0.4 is 10.0 Å². The maximum absolute atomic E-state index is 12.7. The number of benzene rings is 3. The zero-order valence-electron chi connectivity index (χ0n) is 15.1. The number of fused-ring (bicyclic) bond motifs is 1. The predicted octanol–water partition coefficient (Wildman–Crippen LogP) is 8.11. The van der Waals surface area contributed by atoms with Crippen molar-refractivity contribution in [1.82, 2.24) is 4.98 Å². The van der Waals surface area contributed by atoms with Gasteiger partial charge in [0.25, 0.3) is 10.0 Å². The molecule has 12 heteroatoms. The van der Waals surface area contributed by atoms with Crippen molar-refractivity contribution in [2.45, 2.75) is 4.90 Å². The number of rotatable bonds is 5. The van der Waals surface area contributed by atoms with Crippen molar-refractivity contribution in [3.8, 4) is 0 Å². The van der Waals surface area contributed by atoms with E-state index in [4.69, 9.17) is 58.0 Å². The SMILES string of the molecule is O=S(=O)(Nc1cc(Cl)c(Nc2nc3ccc(Cl)cc3s2)c(Cl)c1)c1ccc(Cl)cc1Cl. The Hall–Kier alpha value is -1.45. The zero-order chi connectivity index (χ0) is 22.3. The van der Waals surface area contributed by atoms with E-state index in [1.165, 1.54) is 41.7 Å². The number of nitrogens with zero attached hydrogens (tertiary/aromatic N) is 1. The summed E-state index contributed by atoms with van der Waals surface area (Å²) in [6.45, 7) is 0. The Morgan fingerprint density at radius 2 is 1.45 bits per heavy atom. The normalized spacial score (nSPS) is 11.6. The van der Waals surface area contributed by atoms with E-state index >= 15 is 0 Å². The highest BCUT2D eigenvalue weighted by Crippen LogP contribution is 2.39. The summed E-state index contributed by atoms with van der Waals surface area (Å²) in [5.41, 5.74) is 1.33. The van der Waals surface area contributed by atoms with Crippen molar-refractivity contribution in [1.29, 1.82) is 0 Å². The Labute approximate surface area is 206 Å². The average Bonchev–Trinajstić information content (AvgIpc) is 3.05. The number of thiazole rings is 1. The number of aromatic nitrogens is 1. The molecule has 0 saturated carbocycles. The third-order valence-electron chi connectivity index (χ3n) is 4.06. The number of anilines is 3. The summed E-state index contributed by atoms with van der Waals surface area (Å²) in [7, 11) is -3.99. The molecule has 4 rings (SSSR count). The summed E-state index contributed by atoms with van der Waals surface area (Å²) in [4.78, 5) is 4.34. The van der Waals surface area contributed by atoms with Gasteiger partial charge in [0.15, 0.2) is 5.13 Å². The van der Waals surface area contributed by atoms with Crippen LogP contribution in [-0.2, 0) is 10.0 Å². The first-order chi connectivity index (χ1) is 14.6. The monoisotopic (exact) mass is 551 g/mol. The second-order valence-corrected chi connectivity index (χ2v) is 11.0. The maximum Gasteiger partial charge on any atom is 0.263 e. The minimum absolute atomic E-state index is 0.00794. The van der Waals surface area contributed by atoms with Crippen LogP contribution in [0.5, 0.6) is 0 Å². The predicted molar refractivity (Wildman–Crippen MR) is 132 cm³/mol. The van der Waals surface area contributed by atoms with Gasteiger partial charge in [-0.05, 0) is 48.5 Å². The van der Waals surface area contributed by atoms with Crippen molar-refractivity contribution in [3.05, 3.63) is 73.6 Å². The van der Waals surface area contributed by atoms with Crippen LogP contribution in [-0.4, -0.2) is 13.4 Å². The van der Waals surface area contributed by atoms with Gasteiger partial charge in [0.05, 0.1) is 36.7 Å². The first-order valence-corrected chi connectivity index (χ1v) is 12.6. The van der Waals surface area contributed by atoms with Gasteiger partial charge < -0.3 is 5.32 Å². The first-order valence-electron chi connectivity index (χ1n) is 8.42. The minimum atomic E-state index is -3.99. The van der Waals surface area contributed by atoms with E-state index in [2.05, 4.69) is 15.0 Å². The second-order valence-electron chi connectivity index (χ2n) is 6.25. The van der Waals surface area contributed by atoms with Gasteiger partial charge in [0, 0.05) is 10.0 Å². The average molecular weight is 554 g/mol. The fourth-order valence-electron chi connectivity index (χ4n) is 2.71. The highest BCUT2D eigenvalue weighted by Gasteiger charge is 2.20. The second kappa shape index (κ2) is 8.83. The minimum Gasteiger partial charge on any atom is -0.329 e. The van der Waals surface area contributed by atoms with Crippen LogP contribution in [0.25, 0.3) is 10.2 Å². The smallest absolute Gasteiger partial charge is 0.263 e. The van der Waals surface area contributed by atoms with Crippen LogP contribution in [0.2, 0.25) is 25.1 Å². The Morgan fingerprint density at radius 3 is 2.13 bits per heavy atom. The van der Waals surface area contributed by atoms with E-state index in [1.807, 2.05) is 12.1 Å². The molecule has 0 fully saturated rings. The lowest BCUT2D eigenvalue weighted by Gasteiger charge is -2.13. The van der Waals surface area contributed by atoms with Crippen molar-refractivity contribution < 1.29 is 8.42 Å². The number of halogens is 5. The highest BCUT2D eigenvalue weighted by atomic mass is 35.5. The molecule has 0 aliphatic heterocycles. The van der Waals surface area contributed by atoms with Crippen LogP contribution in [0.15, 0.2) is 53.4 Å². The topological polar surface area (TPSA) is 71.1 Å². The summed E-state index contributed by atoms with van der Waals surface area (Å²) >= 11 is 32.0. The largest absolute Gasteiger partial charge is 0.329 e. The van der Waals surface area contributed by atoms with E-state index < -0.39 is 10.0 Å². The molecule has 0 atom stereocenters. The fraction of sp³-hybridized carbons (Fsp3) is 0. The molecule has 160 valence electrons. The van der Waals surface area contributed by atoms with E-state index in [0.29, 0.717) is 20.9 Å². The van der Waals surface area contributed by atoms with Gasteiger partial charge in [-0.1, -0.05) is 69.3 Å². The molecule has 31 heavy (non-hydrogen) atoms. The van der Waals surface area contributed by atoms with Crippen molar-refractivity contribution in [2.75, 3.05) is 10.0 Å². The van der Waals surface area contributed by atoms with Crippen LogP contribution >= 0.6 is 69.3 Å². The molecule has 4 aromatic rings. The molecule has 3 aromatic carbocycles. The molecule has 5 nitrogen and oxygen atoms in total. The molecule has 0 aliphatic carbocycles. The first kappa shape index (κ1) is 22.7. The number of hydrogen-bond donors (Lipinski definition) is 2. The summed E-state index contributed by atoms with van der Waals surface area (Å²) in [6, 6.07) is 12.3. The van der Waals surface area contributed by atoms with Gasteiger partial charge >= 0.3 is 0 Å². The quantitative estimate of drug-likeness (QED) is 0.262. The molecule has 2 N–H and O–H groups in total. The van der Waals surface area contributed by atoms with Crippen molar-refractivity contribution in [2.24, 2.45) is 0 Å².